The van der Waals surface area contributed by atoms with Gasteiger partial charge in [-0.1, -0.05) is 13.8 Å². The van der Waals surface area contributed by atoms with E-state index in [-0.39, 0.29) is 4.90 Å². The highest BCUT2D eigenvalue weighted by Gasteiger charge is 2.19. The van der Waals surface area contributed by atoms with Gasteiger partial charge in [0.1, 0.15) is 5.75 Å². The maximum atomic E-state index is 12.4. The fourth-order valence-corrected chi connectivity index (χ4v) is 3.51. The standard InChI is InChI=1S/C15H19N3O3S/c1-11(2)9-18-10-13(8-16-18)17-22(19,20)14-3-4-15-12(7-14)5-6-21-15/h3-4,7-8,10-11,17H,5-6,9H2,1-2H3. The summed E-state index contributed by atoms with van der Waals surface area (Å²) < 4.78 is 34.6. The molecule has 0 radical (unpaired) electrons. The summed E-state index contributed by atoms with van der Waals surface area (Å²) in [6, 6.07) is 4.94. The molecule has 2 heterocycles. The van der Waals surface area contributed by atoms with Crippen LogP contribution in [0.25, 0.3) is 0 Å². The fraction of sp³-hybridized carbons (Fsp3) is 0.400. The van der Waals surface area contributed by atoms with Crippen LogP contribution in [-0.4, -0.2) is 24.8 Å². The molecule has 0 bridgehead atoms. The third kappa shape index (κ3) is 3.09. The van der Waals surface area contributed by atoms with Crippen LogP contribution < -0.4 is 9.46 Å². The van der Waals surface area contributed by atoms with Crippen LogP contribution in [0.15, 0.2) is 35.5 Å². The maximum absolute atomic E-state index is 12.4. The van der Waals surface area contributed by atoms with E-state index in [0.717, 1.165) is 24.3 Å². The first kappa shape index (κ1) is 14.9. The van der Waals surface area contributed by atoms with Gasteiger partial charge in [-0.2, -0.15) is 5.10 Å². The first-order chi connectivity index (χ1) is 10.4. The molecule has 3 rings (SSSR count). The van der Waals surface area contributed by atoms with Gasteiger partial charge in [0.2, 0.25) is 0 Å². The number of aromatic nitrogens is 2. The predicted octanol–water partition coefficient (Wildman–Crippen LogP) is 2.27. The van der Waals surface area contributed by atoms with Gasteiger partial charge in [0.15, 0.2) is 0 Å². The van der Waals surface area contributed by atoms with Gasteiger partial charge in [-0.05, 0) is 29.7 Å². The van der Waals surface area contributed by atoms with Crippen molar-refractivity contribution >= 4 is 15.7 Å². The number of hydrogen-bond acceptors (Lipinski definition) is 4. The predicted molar refractivity (Wildman–Crippen MR) is 83.5 cm³/mol. The van der Waals surface area contributed by atoms with Crippen LogP contribution in [0.1, 0.15) is 19.4 Å². The van der Waals surface area contributed by atoms with Gasteiger partial charge >= 0.3 is 0 Å². The van der Waals surface area contributed by atoms with Crippen LogP contribution in [0.5, 0.6) is 5.75 Å². The zero-order valence-electron chi connectivity index (χ0n) is 12.6. The van der Waals surface area contributed by atoms with E-state index in [1.54, 1.807) is 29.1 Å². The van der Waals surface area contributed by atoms with E-state index in [9.17, 15) is 8.42 Å². The van der Waals surface area contributed by atoms with Crippen LogP contribution in [-0.2, 0) is 23.0 Å². The van der Waals surface area contributed by atoms with Crippen molar-refractivity contribution in [3.8, 4) is 5.75 Å². The third-order valence-corrected chi connectivity index (χ3v) is 4.79. The van der Waals surface area contributed by atoms with Crippen molar-refractivity contribution in [3.05, 3.63) is 36.2 Å². The summed E-state index contributed by atoms with van der Waals surface area (Å²) in [4.78, 5) is 0.244. The van der Waals surface area contributed by atoms with Crippen molar-refractivity contribution in [2.45, 2.75) is 31.7 Å². The largest absolute Gasteiger partial charge is 0.493 e. The zero-order chi connectivity index (χ0) is 15.7. The second-order valence-electron chi connectivity index (χ2n) is 5.82. The average Bonchev–Trinajstić information content (AvgIpc) is 3.05. The van der Waals surface area contributed by atoms with Crippen molar-refractivity contribution in [2.24, 2.45) is 5.92 Å². The Kier molecular flexibility index (Phi) is 3.82. The lowest BCUT2D eigenvalue weighted by Crippen LogP contribution is -2.12. The Morgan fingerprint density at radius 1 is 1.41 bits per heavy atom. The van der Waals surface area contributed by atoms with Crippen LogP contribution in [0, 0.1) is 5.92 Å². The number of hydrogen-bond donors (Lipinski definition) is 1. The van der Waals surface area contributed by atoms with E-state index in [1.165, 1.54) is 6.20 Å². The molecule has 1 aromatic heterocycles. The molecular weight excluding hydrogens is 302 g/mol. The highest BCUT2D eigenvalue weighted by molar-refractivity contribution is 7.92. The molecule has 0 unspecified atom stereocenters. The molecule has 0 fully saturated rings. The molecular formula is C15H19N3O3S. The minimum absolute atomic E-state index is 0.244. The van der Waals surface area contributed by atoms with Crippen molar-refractivity contribution in [1.29, 1.82) is 0 Å². The first-order valence-corrected chi connectivity index (χ1v) is 8.73. The lowest BCUT2D eigenvalue weighted by Gasteiger charge is -2.07. The molecule has 118 valence electrons. The van der Waals surface area contributed by atoms with E-state index in [4.69, 9.17) is 4.74 Å². The van der Waals surface area contributed by atoms with E-state index >= 15 is 0 Å². The minimum Gasteiger partial charge on any atom is -0.493 e. The monoisotopic (exact) mass is 321 g/mol. The second kappa shape index (κ2) is 5.64. The summed E-state index contributed by atoms with van der Waals surface area (Å²) in [5.41, 5.74) is 1.40. The summed E-state index contributed by atoms with van der Waals surface area (Å²) in [5, 5.41) is 4.16. The summed E-state index contributed by atoms with van der Waals surface area (Å²) in [7, 11) is -3.61. The lowest BCUT2D eigenvalue weighted by molar-refractivity contribution is 0.356. The molecule has 22 heavy (non-hydrogen) atoms. The molecule has 7 heteroatoms. The molecule has 1 N–H and O–H groups in total. The van der Waals surface area contributed by atoms with Gasteiger partial charge in [-0.25, -0.2) is 8.42 Å². The molecule has 6 nitrogen and oxygen atoms in total. The molecule has 0 aliphatic carbocycles. The Labute approximate surface area is 130 Å². The smallest absolute Gasteiger partial charge is 0.262 e. The van der Waals surface area contributed by atoms with Gasteiger partial charge in [-0.15, -0.1) is 0 Å². The second-order valence-corrected chi connectivity index (χ2v) is 7.50. The topological polar surface area (TPSA) is 73.2 Å². The zero-order valence-corrected chi connectivity index (χ0v) is 13.4. The number of sulfonamides is 1. The SMILES string of the molecule is CC(C)Cn1cc(NS(=O)(=O)c2ccc3c(c2)CCO3)cn1. The van der Waals surface area contributed by atoms with Crippen molar-refractivity contribution in [1.82, 2.24) is 9.78 Å². The number of rotatable bonds is 5. The van der Waals surface area contributed by atoms with Gasteiger partial charge in [0.25, 0.3) is 10.0 Å². The molecule has 1 aromatic carbocycles. The molecule has 0 amide bonds. The quantitative estimate of drug-likeness (QED) is 0.917. The summed E-state index contributed by atoms with van der Waals surface area (Å²) in [6.07, 6.45) is 3.97. The normalized spacial score (nSPS) is 14.0. The third-order valence-electron chi connectivity index (χ3n) is 3.41. The highest BCUT2D eigenvalue weighted by Crippen LogP contribution is 2.28. The van der Waals surface area contributed by atoms with Gasteiger partial charge in [0, 0.05) is 19.2 Å². The van der Waals surface area contributed by atoms with Crippen LogP contribution >= 0.6 is 0 Å². The highest BCUT2D eigenvalue weighted by atomic mass is 32.2. The summed E-state index contributed by atoms with van der Waals surface area (Å²) in [5.74, 6) is 1.21. The Morgan fingerprint density at radius 3 is 3.00 bits per heavy atom. The van der Waals surface area contributed by atoms with E-state index in [0.29, 0.717) is 18.2 Å². The Hall–Kier alpha value is -2.02. The number of anilines is 1. The molecule has 0 saturated carbocycles. The average molecular weight is 321 g/mol. The van der Waals surface area contributed by atoms with Gasteiger partial charge < -0.3 is 4.74 Å². The Balaban J connectivity index is 1.80. The number of benzene rings is 1. The molecule has 0 saturated heterocycles. The number of fused-ring (bicyclic) bond motifs is 1. The van der Waals surface area contributed by atoms with Gasteiger partial charge in [-0.3, -0.25) is 9.40 Å². The Bertz CT molecular complexity index is 781. The van der Waals surface area contributed by atoms with Crippen molar-refractivity contribution < 1.29 is 13.2 Å². The Morgan fingerprint density at radius 2 is 2.23 bits per heavy atom. The van der Waals surface area contributed by atoms with Gasteiger partial charge in [0.05, 0.1) is 23.4 Å². The summed E-state index contributed by atoms with van der Waals surface area (Å²) >= 11 is 0. The lowest BCUT2D eigenvalue weighted by atomic mass is 10.2. The van der Waals surface area contributed by atoms with E-state index < -0.39 is 10.0 Å². The van der Waals surface area contributed by atoms with Crippen molar-refractivity contribution in [3.63, 3.8) is 0 Å². The summed E-state index contributed by atoms with van der Waals surface area (Å²) in [6.45, 7) is 5.52. The van der Waals surface area contributed by atoms with E-state index in [1.807, 2.05) is 0 Å². The molecule has 0 atom stereocenters. The minimum atomic E-state index is -3.61. The molecule has 0 spiro atoms. The number of ether oxygens (including phenoxy) is 1. The number of nitrogens with zero attached hydrogens (tertiary/aromatic N) is 2. The van der Waals surface area contributed by atoms with Crippen LogP contribution in [0.4, 0.5) is 5.69 Å². The number of nitrogens with one attached hydrogen (secondary N) is 1. The van der Waals surface area contributed by atoms with Crippen LogP contribution in [0.3, 0.4) is 0 Å². The van der Waals surface area contributed by atoms with Crippen molar-refractivity contribution in [2.75, 3.05) is 11.3 Å². The maximum Gasteiger partial charge on any atom is 0.262 e. The molecule has 1 aliphatic rings. The molecule has 1 aliphatic heterocycles. The fourth-order valence-electron chi connectivity index (χ4n) is 2.43. The van der Waals surface area contributed by atoms with E-state index in [2.05, 4.69) is 23.7 Å². The van der Waals surface area contributed by atoms with Crippen LogP contribution in [0.2, 0.25) is 0 Å². The first-order valence-electron chi connectivity index (χ1n) is 7.25. The molecule has 2 aromatic rings.